The molecule has 2 aliphatic rings. The van der Waals surface area contributed by atoms with Gasteiger partial charge in [-0.2, -0.15) is 0 Å². The monoisotopic (exact) mass is 418 g/mol. The van der Waals surface area contributed by atoms with Gasteiger partial charge < -0.3 is 0 Å². The van der Waals surface area contributed by atoms with E-state index >= 15 is 0 Å². The summed E-state index contributed by atoms with van der Waals surface area (Å²) < 4.78 is 0.974. The second-order valence-electron chi connectivity index (χ2n) is 8.27. The van der Waals surface area contributed by atoms with Crippen molar-refractivity contribution in [2.45, 2.75) is 71.6 Å². The third-order valence-corrected chi connectivity index (χ3v) is 6.90. The number of hydrogen-bond donors (Lipinski definition) is 0. The van der Waals surface area contributed by atoms with Crippen molar-refractivity contribution in [1.82, 2.24) is 0 Å². The van der Waals surface area contributed by atoms with E-state index in [1.165, 1.54) is 0 Å². The maximum Gasteiger partial charge on any atom is 0.148 e. The fourth-order valence-electron chi connectivity index (χ4n) is 5.08. The molecule has 0 unspecified atom stereocenters. The van der Waals surface area contributed by atoms with Gasteiger partial charge in [-0.05, 0) is 73.8 Å². The summed E-state index contributed by atoms with van der Waals surface area (Å²) in [7, 11) is 0. The van der Waals surface area contributed by atoms with Crippen molar-refractivity contribution in [3.8, 4) is 0 Å². The minimum absolute atomic E-state index is 0.0649. The summed E-state index contributed by atoms with van der Waals surface area (Å²) in [4.78, 5) is 38.0. The molecule has 26 heavy (non-hydrogen) atoms. The average Bonchev–Trinajstić information content (AvgIpc) is 2.56. The maximum atomic E-state index is 13.0. The SMILES string of the molecule is CCC(=O)C1CCC2(CC1)CC(=O)C(c1c(C)cc(Br)cc1C)C(=O)C2. The van der Waals surface area contributed by atoms with Crippen molar-refractivity contribution in [3.63, 3.8) is 0 Å². The van der Waals surface area contributed by atoms with Gasteiger partial charge in [-0.25, -0.2) is 0 Å². The molecule has 0 aliphatic heterocycles. The lowest BCUT2D eigenvalue weighted by atomic mass is 9.59. The Labute approximate surface area is 164 Å². The van der Waals surface area contributed by atoms with Crippen LogP contribution in [0.5, 0.6) is 0 Å². The Hall–Kier alpha value is -1.29. The maximum absolute atomic E-state index is 13.0. The van der Waals surface area contributed by atoms with Crippen molar-refractivity contribution in [3.05, 3.63) is 33.3 Å². The second-order valence-corrected chi connectivity index (χ2v) is 9.18. The highest BCUT2D eigenvalue weighted by Gasteiger charge is 2.48. The van der Waals surface area contributed by atoms with Crippen LogP contribution in [0.25, 0.3) is 0 Å². The molecule has 0 aromatic heterocycles. The van der Waals surface area contributed by atoms with Crippen LogP contribution in [0.4, 0.5) is 0 Å². The van der Waals surface area contributed by atoms with E-state index in [1.807, 2.05) is 32.9 Å². The molecular formula is C22H27BrO3. The number of rotatable bonds is 3. The van der Waals surface area contributed by atoms with Crippen LogP contribution in [0.3, 0.4) is 0 Å². The molecule has 3 rings (SSSR count). The summed E-state index contributed by atoms with van der Waals surface area (Å²) in [5, 5.41) is 0. The van der Waals surface area contributed by atoms with Crippen molar-refractivity contribution >= 4 is 33.3 Å². The van der Waals surface area contributed by atoms with Crippen molar-refractivity contribution in [2.24, 2.45) is 11.3 Å². The van der Waals surface area contributed by atoms with E-state index in [9.17, 15) is 14.4 Å². The zero-order valence-corrected chi connectivity index (χ0v) is 17.4. The molecule has 0 saturated heterocycles. The molecule has 140 valence electrons. The van der Waals surface area contributed by atoms with E-state index in [0.29, 0.717) is 25.0 Å². The molecule has 1 aromatic carbocycles. The molecule has 2 aliphatic carbocycles. The third kappa shape index (κ3) is 3.58. The fourth-order valence-corrected chi connectivity index (χ4v) is 5.77. The first kappa shape index (κ1) is 19.5. The summed E-state index contributed by atoms with van der Waals surface area (Å²) in [5.41, 5.74) is 2.69. The number of aryl methyl sites for hydroxylation is 2. The van der Waals surface area contributed by atoms with Gasteiger partial charge in [0.15, 0.2) is 0 Å². The minimum Gasteiger partial charge on any atom is -0.299 e. The minimum atomic E-state index is -0.608. The van der Waals surface area contributed by atoms with Gasteiger partial charge in [-0.15, -0.1) is 0 Å². The molecule has 2 fully saturated rings. The Morgan fingerprint density at radius 3 is 2.04 bits per heavy atom. The Bertz CT molecular complexity index is 714. The molecule has 0 bridgehead atoms. The van der Waals surface area contributed by atoms with E-state index in [-0.39, 0.29) is 22.9 Å². The predicted octanol–water partition coefficient (Wildman–Crippen LogP) is 5.24. The third-order valence-electron chi connectivity index (χ3n) is 6.44. The van der Waals surface area contributed by atoms with Gasteiger partial charge in [0.05, 0.1) is 0 Å². The molecule has 1 spiro atoms. The topological polar surface area (TPSA) is 51.2 Å². The standard InChI is InChI=1S/C22H27BrO3/c1-4-17(24)15-5-7-22(8-6-15)11-18(25)21(19(26)12-22)20-13(2)9-16(23)10-14(20)3/h9-10,15,21H,4-8,11-12H2,1-3H3. The summed E-state index contributed by atoms with van der Waals surface area (Å²) in [6.07, 6.45) is 4.84. The zero-order valence-electron chi connectivity index (χ0n) is 15.9. The van der Waals surface area contributed by atoms with Gasteiger partial charge in [-0.1, -0.05) is 22.9 Å². The summed E-state index contributed by atoms with van der Waals surface area (Å²) >= 11 is 3.48. The normalized spacial score (nSPS) is 29.2. The van der Waals surface area contributed by atoms with E-state index in [1.54, 1.807) is 0 Å². The smallest absolute Gasteiger partial charge is 0.148 e. The van der Waals surface area contributed by atoms with Crippen LogP contribution in [0, 0.1) is 25.2 Å². The first-order valence-corrected chi connectivity index (χ1v) is 10.4. The molecule has 1 aromatic rings. The van der Waals surface area contributed by atoms with E-state index in [0.717, 1.165) is 46.8 Å². The zero-order chi connectivity index (χ0) is 19.1. The van der Waals surface area contributed by atoms with Crippen LogP contribution < -0.4 is 0 Å². The van der Waals surface area contributed by atoms with Crippen molar-refractivity contribution in [1.29, 1.82) is 0 Å². The number of halogens is 1. The summed E-state index contributed by atoms with van der Waals surface area (Å²) in [5.74, 6) is -0.0226. The molecule has 0 atom stereocenters. The van der Waals surface area contributed by atoms with Crippen molar-refractivity contribution in [2.75, 3.05) is 0 Å². The molecule has 0 radical (unpaired) electrons. The quantitative estimate of drug-likeness (QED) is 0.630. The van der Waals surface area contributed by atoms with Crippen LogP contribution in [-0.4, -0.2) is 17.3 Å². The Kier molecular flexibility index (Phi) is 5.53. The van der Waals surface area contributed by atoms with Gasteiger partial charge >= 0.3 is 0 Å². The highest BCUT2D eigenvalue weighted by molar-refractivity contribution is 9.10. The Morgan fingerprint density at radius 1 is 1.08 bits per heavy atom. The lowest BCUT2D eigenvalue weighted by molar-refractivity contribution is -0.138. The van der Waals surface area contributed by atoms with Gasteiger partial charge in [0, 0.05) is 29.7 Å². The highest BCUT2D eigenvalue weighted by Crippen LogP contribution is 2.50. The van der Waals surface area contributed by atoms with Crippen LogP contribution in [0.1, 0.15) is 74.5 Å². The molecular weight excluding hydrogens is 392 g/mol. The predicted molar refractivity (Wildman–Crippen MR) is 105 cm³/mol. The largest absolute Gasteiger partial charge is 0.299 e. The summed E-state index contributed by atoms with van der Waals surface area (Å²) in [6.45, 7) is 5.85. The number of ketones is 3. The highest BCUT2D eigenvalue weighted by atomic mass is 79.9. The summed E-state index contributed by atoms with van der Waals surface area (Å²) in [6, 6.07) is 3.96. The lowest BCUT2D eigenvalue weighted by Gasteiger charge is -2.43. The van der Waals surface area contributed by atoms with E-state index in [2.05, 4.69) is 15.9 Å². The van der Waals surface area contributed by atoms with Crippen molar-refractivity contribution < 1.29 is 14.4 Å². The number of hydrogen-bond acceptors (Lipinski definition) is 3. The van der Waals surface area contributed by atoms with Gasteiger partial charge in [0.25, 0.3) is 0 Å². The van der Waals surface area contributed by atoms with E-state index < -0.39 is 5.92 Å². The Balaban J connectivity index is 1.80. The van der Waals surface area contributed by atoms with Crippen LogP contribution in [0.2, 0.25) is 0 Å². The number of Topliss-reactive ketones (excluding diaryl/α,β-unsaturated/α-hetero) is 3. The van der Waals surface area contributed by atoms with Gasteiger partial charge in [-0.3, -0.25) is 14.4 Å². The number of carbonyl (C=O) groups excluding carboxylic acids is 3. The number of carbonyl (C=O) groups is 3. The average molecular weight is 419 g/mol. The van der Waals surface area contributed by atoms with Crippen LogP contribution in [-0.2, 0) is 14.4 Å². The first-order valence-electron chi connectivity index (χ1n) is 9.61. The van der Waals surface area contributed by atoms with Gasteiger partial charge in [0.2, 0.25) is 0 Å². The molecule has 2 saturated carbocycles. The molecule has 0 amide bonds. The first-order chi connectivity index (χ1) is 12.3. The molecule has 4 heteroatoms. The van der Waals surface area contributed by atoms with Crippen LogP contribution in [0.15, 0.2) is 16.6 Å². The molecule has 0 heterocycles. The number of benzene rings is 1. The van der Waals surface area contributed by atoms with Crippen LogP contribution >= 0.6 is 15.9 Å². The fraction of sp³-hybridized carbons (Fsp3) is 0.591. The second kappa shape index (κ2) is 7.38. The van der Waals surface area contributed by atoms with E-state index in [4.69, 9.17) is 0 Å². The molecule has 3 nitrogen and oxygen atoms in total. The lowest BCUT2D eigenvalue weighted by Crippen LogP contribution is -2.42. The Morgan fingerprint density at radius 2 is 1.58 bits per heavy atom. The molecule has 0 N–H and O–H groups in total. The van der Waals surface area contributed by atoms with Gasteiger partial charge in [0.1, 0.15) is 23.3 Å².